The summed E-state index contributed by atoms with van der Waals surface area (Å²) in [4.78, 5) is 24.2. The fraction of sp³-hybridized carbons (Fsp3) is 0.160. The quantitative estimate of drug-likeness (QED) is 0.266. The van der Waals surface area contributed by atoms with E-state index in [-0.39, 0.29) is 18.9 Å². The first-order valence-electron chi connectivity index (χ1n) is 10.3. The summed E-state index contributed by atoms with van der Waals surface area (Å²) in [5.74, 6) is -0.0707. The second-order valence-corrected chi connectivity index (χ2v) is 8.25. The molecule has 0 saturated carbocycles. The van der Waals surface area contributed by atoms with E-state index in [0.717, 1.165) is 21.4 Å². The van der Waals surface area contributed by atoms with Gasteiger partial charge in [-0.3, -0.25) is 9.59 Å². The largest absolute Gasteiger partial charge is 0.483 e. The number of carbonyl (C=O) groups is 2. The molecule has 0 aliphatic carbocycles. The molecule has 0 aliphatic rings. The molecule has 33 heavy (non-hydrogen) atoms. The maximum atomic E-state index is 12.3. The van der Waals surface area contributed by atoms with Crippen molar-refractivity contribution in [2.75, 3.05) is 17.2 Å². The van der Waals surface area contributed by atoms with Crippen LogP contribution in [-0.2, 0) is 9.59 Å². The van der Waals surface area contributed by atoms with Crippen LogP contribution < -0.4 is 20.8 Å². The summed E-state index contributed by atoms with van der Waals surface area (Å²) in [6, 6.07) is 22.8. The van der Waals surface area contributed by atoms with E-state index >= 15 is 0 Å². The lowest BCUT2D eigenvalue weighted by Crippen LogP contribution is -2.26. The van der Waals surface area contributed by atoms with Crippen molar-refractivity contribution < 1.29 is 14.3 Å². The van der Waals surface area contributed by atoms with E-state index in [1.807, 2.05) is 73.7 Å². The molecule has 2 amide bonds. The first-order chi connectivity index (χ1) is 15.9. The molecule has 0 radical (unpaired) electrons. The molecule has 0 bridgehead atoms. The van der Waals surface area contributed by atoms with Crippen LogP contribution in [0.25, 0.3) is 0 Å². The van der Waals surface area contributed by atoms with Crippen molar-refractivity contribution in [3.05, 3.63) is 82.8 Å². The number of benzene rings is 3. The van der Waals surface area contributed by atoms with Gasteiger partial charge in [-0.1, -0.05) is 24.3 Å². The molecule has 3 N–H and O–H groups in total. The highest BCUT2D eigenvalue weighted by atomic mass is 79.9. The summed E-state index contributed by atoms with van der Waals surface area (Å²) in [5, 5.41) is 10.1. The van der Waals surface area contributed by atoms with Gasteiger partial charge in [0.25, 0.3) is 5.91 Å². The zero-order valence-electron chi connectivity index (χ0n) is 18.4. The van der Waals surface area contributed by atoms with Gasteiger partial charge in [0.1, 0.15) is 5.75 Å². The van der Waals surface area contributed by atoms with Gasteiger partial charge in [0, 0.05) is 22.8 Å². The Kier molecular flexibility index (Phi) is 8.60. The molecule has 3 rings (SSSR count). The Hall–Kier alpha value is -3.65. The number of hydrogen-bond donors (Lipinski definition) is 3. The molecule has 0 spiro atoms. The van der Waals surface area contributed by atoms with Crippen LogP contribution in [0.5, 0.6) is 5.75 Å². The topological polar surface area (TPSA) is 91.8 Å². The summed E-state index contributed by atoms with van der Waals surface area (Å²) < 4.78 is 6.25. The lowest BCUT2D eigenvalue weighted by Gasteiger charge is -2.09. The first-order valence-corrected chi connectivity index (χ1v) is 11.1. The van der Waals surface area contributed by atoms with Crippen LogP contribution in [0.15, 0.2) is 82.4 Å². The van der Waals surface area contributed by atoms with Crippen molar-refractivity contribution >= 4 is 50.5 Å². The van der Waals surface area contributed by atoms with E-state index in [4.69, 9.17) is 4.74 Å². The van der Waals surface area contributed by atoms with Gasteiger partial charge < -0.3 is 15.4 Å². The third-order valence-electron chi connectivity index (χ3n) is 4.47. The molecule has 7 nitrogen and oxygen atoms in total. The number of aryl methyl sites for hydroxylation is 1. The number of hydrazone groups is 1. The fourth-order valence-corrected chi connectivity index (χ4v) is 3.47. The second-order valence-electron chi connectivity index (χ2n) is 7.40. The minimum absolute atomic E-state index is 0.0503. The van der Waals surface area contributed by atoms with Gasteiger partial charge >= 0.3 is 0 Å². The van der Waals surface area contributed by atoms with Crippen LogP contribution in [0.3, 0.4) is 0 Å². The molecule has 0 unspecified atom stereocenters. The SMILES string of the molecule is C/C(CC(=O)Nc1ccc(Nc2ccccc2)cc1)=N\NC(=O)COc1ccc(C)cc1Br. The van der Waals surface area contributed by atoms with Gasteiger partial charge in [0.2, 0.25) is 5.91 Å². The van der Waals surface area contributed by atoms with Gasteiger partial charge in [0.05, 0.1) is 10.9 Å². The van der Waals surface area contributed by atoms with Gasteiger partial charge in [0.15, 0.2) is 6.61 Å². The summed E-state index contributed by atoms with van der Waals surface area (Å²) >= 11 is 3.40. The lowest BCUT2D eigenvalue weighted by atomic mass is 10.2. The van der Waals surface area contributed by atoms with E-state index in [1.54, 1.807) is 13.0 Å². The molecule has 0 heterocycles. The van der Waals surface area contributed by atoms with Gasteiger partial charge in [-0.05, 0) is 83.9 Å². The Morgan fingerprint density at radius 3 is 2.27 bits per heavy atom. The van der Waals surface area contributed by atoms with Crippen molar-refractivity contribution in [2.24, 2.45) is 5.10 Å². The molecule has 0 atom stereocenters. The van der Waals surface area contributed by atoms with Crippen molar-refractivity contribution in [1.82, 2.24) is 5.43 Å². The van der Waals surface area contributed by atoms with E-state index in [2.05, 4.69) is 37.1 Å². The fourth-order valence-electron chi connectivity index (χ4n) is 2.86. The van der Waals surface area contributed by atoms with Crippen LogP contribution in [0.2, 0.25) is 0 Å². The summed E-state index contributed by atoms with van der Waals surface area (Å²) in [5.41, 5.74) is 6.53. The van der Waals surface area contributed by atoms with Crippen LogP contribution in [0.1, 0.15) is 18.9 Å². The molecular weight excluding hydrogens is 484 g/mol. The number of ether oxygens (including phenoxy) is 1. The number of halogens is 1. The molecule has 0 aromatic heterocycles. The Balaban J connectivity index is 1.42. The smallest absolute Gasteiger partial charge is 0.277 e. The van der Waals surface area contributed by atoms with Gasteiger partial charge in [-0.15, -0.1) is 0 Å². The number of carbonyl (C=O) groups excluding carboxylic acids is 2. The monoisotopic (exact) mass is 508 g/mol. The van der Waals surface area contributed by atoms with E-state index in [9.17, 15) is 9.59 Å². The molecular formula is C25H25BrN4O3. The van der Waals surface area contributed by atoms with Crippen LogP contribution >= 0.6 is 15.9 Å². The predicted molar refractivity (Wildman–Crippen MR) is 135 cm³/mol. The highest BCUT2D eigenvalue weighted by Crippen LogP contribution is 2.25. The number of anilines is 3. The number of nitrogens with zero attached hydrogens (tertiary/aromatic N) is 1. The Labute approximate surface area is 201 Å². The van der Waals surface area contributed by atoms with Crippen LogP contribution in [-0.4, -0.2) is 24.1 Å². The highest BCUT2D eigenvalue weighted by Gasteiger charge is 2.08. The van der Waals surface area contributed by atoms with E-state index < -0.39 is 5.91 Å². The number of nitrogens with one attached hydrogen (secondary N) is 3. The average molecular weight is 509 g/mol. The zero-order valence-corrected chi connectivity index (χ0v) is 20.0. The molecule has 170 valence electrons. The molecule has 3 aromatic rings. The second kappa shape index (κ2) is 11.8. The average Bonchev–Trinajstić information content (AvgIpc) is 2.79. The third-order valence-corrected chi connectivity index (χ3v) is 5.08. The number of para-hydroxylation sites is 1. The molecule has 0 aliphatic heterocycles. The van der Waals surface area contributed by atoms with Crippen molar-refractivity contribution in [2.45, 2.75) is 20.3 Å². The predicted octanol–water partition coefficient (Wildman–Crippen LogP) is 5.40. The third kappa shape index (κ3) is 8.08. The summed E-state index contributed by atoms with van der Waals surface area (Å²) in [7, 11) is 0. The zero-order chi connectivity index (χ0) is 23.6. The van der Waals surface area contributed by atoms with Crippen molar-refractivity contribution in [3.8, 4) is 5.75 Å². The highest BCUT2D eigenvalue weighted by molar-refractivity contribution is 9.10. The molecule has 0 saturated heterocycles. The number of amides is 2. The summed E-state index contributed by atoms with van der Waals surface area (Å²) in [6.07, 6.45) is 0.0503. The van der Waals surface area contributed by atoms with Gasteiger partial charge in [-0.2, -0.15) is 5.10 Å². The van der Waals surface area contributed by atoms with Crippen molar-refractivity contribution in [3.63, 3.8) is 0 Å². The minimum Gasteiger partial charge on any atom is -0.483 e. The van der Waals surface area contributed by atoms with Crippen LogP contribution in [0.4, 0.5) is 17.1 Å². The first kappa shape index (κ1) is 24.0. The standard InChI is InChI=1S/C25H25BrN4O3/c1-17-8-13-23(22(26)14-17)33-16-25(32)30-29-18(2)15-24(31)28-21-11-9-20(10-12-21)27-19-6-4-3-5-7-19/h3-14,27H,15-16H2,1-2H3,(H,28,31)(H,30,32)/b29-18+. The normalized spacial score (nSPS) is 10.9. The molecule has 0 fully saturated rings. The Morgan fingerprint density at radius 2 is 1.58 bits per heavy atom. The molecule has 8 heteroatoms. The number of hydrogen-bond acceptors (Lipinski definition) is 5. The van der Waals surface area contributed by atoms with Crippen LogP contribution in [0, 0.1) is 6.92 Å². The Morgan fingerprint density at radius 1 is 0.909 bits per heavy atom. The maximum Gasteiger partial charge on any atom is 0.277 e. The maximum absolute atomic E-state index is 12.3. The van der Waals surface area contributed by atoms with E-state index in [0.29, 0.717) is 17.1 Å². The minimum atomic E-state index is -0.413. The Bertz CT molecular complexity index is 1130. The van der Waals surface area contributed by atoms with Crippen molar-refractivity contribution in [1.29, 1.82) is 0 Å². The molecule has 3 aromatic carbocycles. The number of rotatable bonds is 9. The summed E-state index contributed by atoms with van der Waals surface area (Å²) in [6.45, 7) is 3.45. The van der Waals surface area contributed by atoms with Gasteiger partial charge in [-0.25, -0.2) is 5.43 Å². The lowest BCUT2D eigenvalue weighted by molar-refractivity contribution is -0.123. The van der Waals surface area contributed by atoms with E-state index in [1.165, 1.54) is 0 Å².